The Morgan fingerprint density at radius 2 is 1.58 bits per heavy atom. The molecule has 0 spiro atoms. The zero-order chi connectivity index (χ0) is 16.8. The van der Waals surface area contributed by atoms with Crippen LogP contribution in [0.1, 0.15) is 26.3 Å². The van der Waals surface area contributed by atoms with E-state index in [4.69, 9.17) is 0 Å². The Kier molecular flexibility index (Phi) is 4.82. The number of benzene rings is 3. The van der Waals surface area contributed by atoms with Crippen molar-refractivity contribution in [2.45, 2.75) is 6.54 Å². The first-order chi connectivity index (χ1) is 11.8. The Labute approximate surface area is 141 Å². The first-order valence-corrected chi connectivity index (χ1v) is 7.74. The highest BCUT2D eigenvalue weighted by Crippen LogP contribution is 2.20. The molecule has 0 fully saturated rings. The maximum atomic E-state index is 12.1. The van der Waals surface area contributed by atoms with E-state index in [2.05, 4.69) is 5.32 Å². The highest BCUT2D eigenvalue weighted by atomic mass is 16.1. The van der Waals surface area contributed by atoms with Gasteiger partial charge in [0, 0.05) is 17.7 Å². The van der Waals surface area contributed by atoms with Crippen molar-refractivity contribution in [3.63, 3.8) is 0 Å². The monoisotopic (exact) mass is 315 g/mol. The first kappa shape index (κ1) is 15.7. The zero-order valence-corrected chi connectivity index (χ0v) is 13.1. The van der Waals surface area contributed by atoms with Crippen LogP contribution in [0.4, 0.5) is 0 Å². The van der Waals surface area contributed by atoms with Gasteiger partial charge in [0.2, 0.25) is 0 Å². The number of nitrogens with one attached hydrogen (secondary N) is 1. The second-order valence-corrected chi connectivity index (χ2v) is 5.49. The molecule has 1 N–H and O–H groups in total. The molecule has 3 aromatic carbocycles. The molecule has 1 amide bonds. The van der Waals surface area contributed by atoms with Crippen LogP contribution in [0.15, 0.2) is 78.9 Å². The highest BCUT2D eigenvalue weighted by molar-refractivity contribution is 5.94. The molecule has 0 aromatic heterocycles. The van der Waals surface area contributed by atoms with E-state index in [-0.39, 0.29) is 5.91 Å². The van der Waals surface area contributed by atoms with Gasteiger partial charge in [0.05, 0.1) is 0 Å². The summed E-state index contributed by atoms with van der Waals surface area (Å²) >= 11 is 0. The van der Waals surface area contributed by atoms with Crippen LogP contribution < -0.4 is 5.32 Å². The maximum absolute atomic E-state index is 12.1. The van der Waals surface area contributed by atoms with Gasteiger partial charge in [-0.25, -0.2) is 0 Å². The predicted molar refractivity (Wildman–Crippen MR) is 94.9 cm³/mol. The van der Waals surface area contributed by atoms with Crippen LogP contribution in [0.5, 0.6) is 0 Å². The van der Waals surface area contributed by atoms with Crippen LogP contribution in [-0.4, -0.2) is 12.2 Å². The molecule has 24 heavy (non-hydrogen) atoms. The molecule has 3 heteroatoms. The van der Waals surface area contributed by atoms with E-state index in [1.165, 1.54) is 0 Å². The van der Waals surface area contributed by atoms with Gasteiger partial charge in [0.15, 0.2) is 0 Å². The van der Waals surface area contributed by atoms with Gasteiger partial charge in [-0.2, -0.15) is 0 Å². The molecule has 0 aliphatic rings. The lowest BCUT2D eigenvalue weighted by atomic mass is 10.0. The number of amides is 1. The molecule has 3 nitrogen and oxygen atoms in total. The lowest BCUT2D eigenvalue weighted by molar-refractivity contribution is 0.0950. The van der Waals surface area contributed by atoms with Crippen LogP contribution >= 0.6 is 0 Å². The minimum Gasteiger partial charge on any atom is -0.348 e. The molecule has 0 heterocycles. The first-order valence-electron chi connectivity index (χ1n) is 7.74. The van der Waals surface area contributed by atoms with Crippen molar-refractivity contribution >= 4 is 12.2 Å². The minimum atomic E-state index is -0.0867. The van der Waals surface area contributed by atoms with Crippen LogP contribution in [0.2, 0.25) is 0 Å². The second kappa shape index (κ2) is 7.38. The van der Waals surface area contributed by atoms with Gasteiger partial charge in [-0.15, -0.1) is 0 Å². The number of aldehydes is 1. The summed E-state index contributed by atoms with van der Waals surface area (Å²) in [6.07, 6.45) is 0.833. The number of carbonyl (C=O) groups is 2. The molecular weight excluding hydrogens is 298 g/mol. The third-order valence-corrected chi connectivity index (χ3v) is 3.80. The Balaban J connectivity index is 1.71. The Bertz CT molecular complexity index is 839. The van der Waals surface area contributed by atoms with E-state index >= 15 is 0 Å². The van der Waals surface area contributed by atoms with Crippen molar-refractivity contribution in [1.82, 2.24) is 5.32 Å². The van der Waals surface area contributed by atoms with Crippen molar-refractivity contribution in [3.05, 3.63) is 95.6 Å². The molecule has 3 aromatic rings. The normalized spacial score (nSPS) is 10.2. The SMILES string of the molecule is O=Cc1ccc(-c2cccc(CNC(=O)c3ccccc3)c2)cc1. The molecule has 0 aliphatic heterocycles. The van der Waals surface area contributed by atoms with Crippen molar-refractivity contribution in [1.29, 1.82) is 0 Å². The minimum absolute atomic E-state index is 0.0867. The second-order valence-electron chi connectivity index (χ2n) is 5.49. The number of carbonyl (C=O) groups excluding carboxylic acids is 2. The summed E-state index contributed by atoms with van der Waals surface area (Å²) in [5, 5.41) is 2.93. The van der Waals surface area contributed by atoms with Gasteiger partial charge in [-0.1, -0.05) is 60.7 Å². The molecule has 0 aliphatic carbocycles. The zero-order valence-electron chi connectivity index (χ0n) is 13.1. The van der Waals surface area contributed by atoms with Gasteiger partial charge in [0.25, 0.3) is 5.91 Å². The fourth-order valence-corrected chi connectivity index (χ4v) is 2.49. The van der Waals surface area contributed by atoms with Gasteiger partial charge >= 0.3 is 0 Å². The van der Waals surface area contributed by atoms with Crippen molar-refractivity contribution < 1.29 is 9.59 Å². The lowest BCUT2D eigenvalue weighted by Gasteiger charge is -2.08. The summed E-state index contributed by atoms with van der Waals surface area (Å²) in [6, 6.07) is 24.6. The largest absolute Gasteiger partial charge is 0.348 e. The molecule has 0 saturated carbocycles. The molecule has 0 unspecified atom stereocenters. The van der Waals surface area contributed by atoms with Gasteiger partial charge < -0.3 is 5.32 Å². The standard InChI is InChI=1S/C21H17NO2/c23-15-16-9-11-18(12-10-16)20-8-4-5-17(13-20)14-22-21(24)19-6-2-1-3-7-19/h1-13,15H,14H2,(H,22,24). The fraction of sp³-hybridized carbons (Fsp3) is 0.0476. The molecule has 0 bridgehead atoms. The van der Waals surface area contributed by atoms with E-state index in [1.807, 2.05) is 54.6 Å². The Morgan fingerprint density at radius 3 is 2.29 bits per heavy atom. The number of hydrogen-bond acceptors (Lipinski definition) is 2. The third kappa shape index (κ3) is 3.76. The van der Waals surface area contributed by atoms with E-state index in [9.17, 15) is 9.59 Å². The molecular formula is C21H17NO2. The van der Waals surface area contributed by atoms with Gasteiger partial charge in [-0.3, -0.25) is 9.59 Å². The number of rotatable bonds is 5. The van der Waals surface area contributed by atoms with Crippen LogP contribution in [0.3, 0.4) is 0 Å². The Hall–Kier alpha value is -3.20. The van der Waals surface area contributed by atoms with Crippen LogP contribution in [-0.2, 0) is 6.54 Å². The van der Waals surface area contributed by atoms with E-state index in [1.54, 1.807) is 24.3 Å². The summed E-state index contributed by atoms with van der Waals surface area (Å²) in [7, 11) is 0. The average Bonchev–Trinajstić information content (AvgIpc) is 2.67. The summed E-state index contributed by atoms with van der Waals surface area (Å²) in [5.41, 5.74) is 4.43. The highest BCUT2D eigenvalue weighted by Gasteiger charge is 2.05. The summed E-state index contributed by atoms with van der Waals surface area (Å²) in [6.45, 7) is 0.466. The fourth-order valence-electron chi connectivity index (χ4n) is 2.49. The van der Waals surface area contributed by atoms with Gasteiger partial charge in [-0.05, 0) is 34.9 Å². The summed E-state index contributed by atoms with van der Waals surface area (Å²) in [5.74, 6) is -0.0867. The quantitative estimate of drug-likeness (QED) is 0.721. The summed E-state index contributed by atoms with van der Waals surface area (Å²) in [4.78, 5) is 22.8. The molecule has 3 rings (SSSR count). The van der Waals surface area contributed by atoms with Crippen LogP contribution in [0.25, 0.3) is 11.1 Å². The van der Waals surface area contributed by atoms with Crippen LogP contribution in [0, 0.1) is 0 Å². The lowest BCUT2D eigenvalue weighted by Crippen LogP contribution is -2.22. The van der Waals surface area contributed by atoms with Crippen molar-refractivity contribution in [2.75, 3.05) is 0 Å². The molecule has 0 radical (unpaired) electrons. The third-order valence-electron chi connectivity index (χ3n) is 3.80. The Morgan fingerprint density at radius 1 is 0.833 bits per heavy atom. The number of hydrogen-bond donors (Lipinski definition) is 1. The van der Waals surface area contributed by atoms with E-state index < -0.39 is 0 Å². The van der Waals surface area contributed by atoms with E-state index in [0.717, 1.165) is 23.0 Å². The molecule has 118 valence electrons. The topological polar surface area (TPSA) is 46.2 Å². The van der Waals surface area contributed by atoms with Crippen molar-refractivity contribution in [2.24, 2.45) is 0 Å². The van der Waals surface area contributed by atoms with E-state index in [0.29, 0.717) is 17.7 Å². The predicted octanol–water partition coefficient (Wildman–Crippen LogP) is 4.10. The molecule has 0 atom stereocenters. The van der Waals surface area contributed by atoms with Gasteiger partial charge in [0.1, 0.15) is 6.29 Å². The molecule has 0 saturated heterocycles. The maximum Gasteiger partial charge on any atom is 0.251 e. The van der Waals surface area contributed by atoms with Crippen molar-refractivity contribution in [3.8, 4) is 11.1 Å². The average molecular weight is 315 g/mol. The smallest absolute Gasteiger partial charge is 0.251 e. The summed E-state index contributed by atoms with van der Waals surface area (Å²) < 4.78 is 0.